The minimum absolute atomic E-state index is 0.0155. The van der Waals surface area contributed by atoms with Crippen LogP contribution in [0.1, 0.15) is 30.1 Å². The Hall–Kier alpha value is -1.86. The Labute approximate surface area is 130 Å². The van der Waals surface area contributed by atoms with E-state index in [-0.39, 0.29) is 28.5 Å². The van der Waals surface area contributed by atoms with Gasteiger partial charge in [-0.15, -0.1) is 0 Å². The second-order valence-electron chi connectivity index (χ2n) is 4.36. The lowest BCUT2D eigenvalue weighted by molar-refractivity contribution is -0.384. The molecule has 1 atom stereocenters. The first kappa shape index (κ1) is 17.2. The molecule has 0 bridgehead atoms. The quantitative estimate of drug-likeness (QED) is 0.613. The lowest BCUT2D eigenvalue weighted by Gasteiger charge is -2.13. The highest BCUT2D eigenvalue weighted by Gasteiger charge is 2.21. The maximum atomic E-state index is 12.0. The summed E-state index contributed by atoms with van der Waals surface area (Å²) in [6.07, 6.45) is 0.146. The van der Waals surface area contributed by atoms with E-state index >= 15 is 0 Å². The molecule has 0 saturated carbocycles. The molecule has 114 valence electrons. The summed E-state index contributed by atoms with van der Waals surface area (Å²) in [7, 11) is 0. The Morgan fingerprint density at radius 3 is 2.57 bits per heavy atom. The second-order valence-corrected chi connectivity index (χ2v) is 5.14. The molecule has 0 aliphatic carbocycles. The summed E-state index contributed by atoms with van der Waals surface area (Å²) in [5.41, 5.74) is -0.481. The minimum Gasteiger partial charge on any atom is -0.481 e. The number of amides is 1. The zero-order valence-corrected chi connectivity index (χ0v) is 12.4. The van der Waals surface area contributed by atoms with E-state index in [1.807, 2.05) is 0 Å². The molecule has 21 heavy (non-hydrogen) atoms. The lowest BCUT2D eigenvalue weighted by Crippen LogP contribution is -2.33. The molecule has 0 saturated heterocycles. The molecule has 0 radical (unpaired) electrons. The molecule has 0 spiro atoms. The van der Waals surface area contributed by atoms with Crippen LogP contribution in [0.25, 0.3) is 0 Å². The Kier molecular flexibility index (Phi) is 5.92. The number of nitro benzene ring substituents is 1. The fourth-order valence-electron chi connectivity index (χ4n) is 1.56. The molecule has 1 aromatic carbocycles. The summed E-state index contributed by atoms with van der Waals surface area (Å²) in [6, 6.07) is 1.84. The van der Waals surface area contributed by atoms with Crippen LogP contribution in [-0.4, -0.2) is 27.9 Å². The fraction of sp³-hybridized carbons (Fsp3) is 0.333. The zero-order chi connectivity index (χ0) is 16.2. The van der Waals surface area contributed by atoms with Crippen LogP contribution >= 0.6 is 23.2 Å². The highest BCUT2D eigenvalue weighted by atomic mass is 35.5. The standard InChI is InChI=1S/C12H12Cl2N2O5/c1-6(2-3-10(17)18)15-12(19)7-4-8(13)11(14)9(5-7)16(20)21/h4-6H,2-3H2,1H3,(H,15,19)(H,17,18). The van der Waals surface area contributed by atoms with E-state index in [0.717, 1.165) is 6.07 Å². The van der Waals surface area contributed by atoms with Gasteiger partial charge in [-0.25, -0.2) is 0 Å². The molecule has 1 unspecified atom stereocenters. The Bertz CT molecular complexity index is 591. The summed E-state index contributed by atoms with van der Waals surface area (Å²) >= 11 is 11.4. The monoisotopic (exact) mass is 334 g/mol. The van der Waals surface area contributed by atoms with Crippen LogP contribution in [0, 0.1) is 10.1 Å². The van der Waals surface area contributed by atoms with Crippen molar-refractivity contribution in [2.75, 3.05) is 0 Å². The smallest absolute Gasteiger partial charge is 0.303 e. The zero-order valence-electron chi connectivity index (χ0n) is 10.9. The molecule has 0 heterocycles. The van der Waals surface area contributed by atoms with Crippen LogP contribution < -0.4 is 5.32 Å². The van der Waals surface area contributed by atoms with Crippen molar-refractivity contribution in [2.24, 2.45) is 0 Å². The summed E-state index contributed by atoms with van der Waals surface area (Å²) in [6.45, 7) is 1.63. The third-order valence-corrected chi connectivity index (χ3v) is 3.43. The third kappa shape index (κ3) is 4.87. The van der Waals surface area contributed by atoms with Crippen molar-refractivity contribution in [1.29, 1.82) is 0 Å². The number of halogens is 2. The number of hydrogen-bond acceptors (Lipinski definition) is 4. The van der Waals surface area contributed by atoms with Gasteiger partial charge in [0, 0.05) is 24.1 Å². The number of carbonyl (C=O) groups is 2. The van der Waals surface area contributed by atoms with Crippen LogP contribution in [0.4, 0.5) is 5.69 Å². The van der Waals surface area contributed by atoms with Gasteiger partial charge >= 0.3 is 5.97 Å². The van der Waals surface area contributed by atoms with E-state index in [4.69, 9.17) is 28.3 Å². The Morgan fingerprint density at radius 2 is 2.05 bits per heavy atom. The highest BCUT2D eigenvalue weighted by Crippen LogP contribution is 2.33. The molecular weight excluding hydrogens is 323 g/mol. The summed E-state index contributed by atoms with van der Waals surface area (Å²) in [4.78, 5) is 32.5. The van der Waals surface area contributed by atoms with E-state index in [2.05, 4.69) is 5.32 Å². The van der Waals surface area contributed by atoms with Gasteiger partial charge in [0.2, 0.25) is 0 Å². The predicted molar refractivity (Wildman–Crippen MR) is 76.9 cm³/mol. The normalized spacial score (nSPS) is 11.8. The molecule has 1 amide bonds. The van der Waals surface area contributed by atoms with Gasteiger partial charge in [0.1, 0.15) is 5.02 Å². The van der Waals surface area contributed by atoms with Crippen molar-refractivity contribution < 1.29 is 19.6 Å². The van der Waals surface area contributed by atoms with Gasteiger partial charge in [0.05, 0.1) is 9.95 Å². The molecular formula is C12H12Cl2N2O5. The first-order valence-electron chi connectivity index (χ1n) is 5.88. The number of carbonyl (C=O) groups excluding carboxylic acids is 1. The maximum Gasteiger partial charge on any atom is 0.303 e. The van der Waals surface area contributed by atoms with Gasteiger partial charge in [-0.3, -0.25) is 19.7 Å². The van der Waals surface area contributed by atoms with Crippen LogP contribution in [-0.2, 0) is 4.79 Å². The first-order valence-corrected chi connectivity index (χ1v) is 6.64. The van der Waals surface area contributed by atoms with E-state index in [1.54, 1.807) is 6.92 Å². The molecule has 0 aliphatic heterocycles. The van der Waals surface area contributed by atoms with Gasteiger partial charge in [-0.1, -0.05) is 23.2 Å². The van der Waals surface area contributed by atoms with Crippen LogP contribution in [0.2, 0.25) is 10.0 Å². The highest BCUT2D eigenvalue weighted by molar-refractivity contribution is 6.43. The molecule has 1 aromatic rings. The third-order valence-electron chi connectivity index (χ3n) is 2.64. The first-order chi connectivity index (χ1) is 9.72. The molecule has 0 aromatic heterocycles. The van der Waals surface area contributed by atoms with Gasteiger partial charge in [0.25, 0.3) is 11.6 Å². The van der Waals surface area contributed by atoms with E-state index < -0.39 is 28.5 Å². The number of rotatable bonds is 6. The molecule has 1 rings (SSSR count). The van der Waals surface area contributed by atoms with E-state index in [9.17, 15) is 19.7 Å². The average Bonchev–Trinajstić information content (AvgIpc) is 2.38. The number of hydrogen-bond donors (Lipinski definition) is 2. The van der Waals surface area contributed by atoms with Crippen molar-refractivity contribution in [3.05, 3.63) is 37.9 Å². The number of aliphatic carboxylic acids is 1. The molecule has 9 heteroatoms. The minimum atomic E-state index is -0.971. The summed E-state index contributed by atoms with van der Waals surface area (Å²) < 4.78 is 0. The molecule has 2 N–H and O–H groups in total. The van der Waals surface area contributed by atoms with Crippen molar-refractivity contribution in [3.63, 3.8) is 0 Å². The Morgan fingerprint density at radius 1 is 1.43 bits per heavy atom. The van der Waals surface area contributed by atoms with Crippen LogP contribution in [0.15, 0.2) is 12.1 Å². The van der Waals surface area contributed by atoms with Crippen molar-refractivity contribution in [2.45, 2.75) is 25.8 Å². The molecule has 0 aliphatic rings. The number of benzene rings is 1. The number of nitrogens with zero attached hydrogens (tertiary/aromatic N) is 1. The maximum absolute atomic E-state index is 12.0. The van der Waals surface area contributed by atoms with Gasteiger partial charge in [0.15, 0.2) is 0 Å². The number of carboxylic acid groups (broad SMARTS) is 1. The van der Waals surface area contributed by atoms with Crippen molar-refractivity contribution in [1.82, 2.24) is 5.32 Å². The van der Waals surface area contributed by atoms with Crippen molar-refractivity contribution >= 4 is 40.8 Å². The summed E-state index contributed by atoms with van der Waals surface area (Å²) in [5.74, 6) is -1.56. The molecule has 7 nitrogen and oxygen atoms in total. The average molecular weight is 335 g/mol. The SMILES string of the molecule is CC(CCC(=O)O)NC(=O)c1cc(Cl)c(Cl)c([N+](=O)[O-])c1. The summed E-state index contributed by atoms with van der Waals surface area (Å²) in [5, 5.41) is 21.6. The van der Waals surface area contributed by atoms with Crippen LogP contribution in [0.5, 0.6) is 0 Å². The van der Waals surface area contributed by atoms with E-state index in [0.29, 0.717) is 0 Å². The van der Waals surface area contributed by atoms with Gasteiger partial charge in [-0.2, -0.15) is 0 Å². The number of nitro groups is 1. The Balaban J connectivity index is 2.88. The number of nitrogens with one attached hydrogen (secondary N) is 1. The van der Waals surface area contributed by atoms with E-state index in [1.165, 1.54) is 6.07 Å². The second kappa shape index (κ2) is 7.24. The lowest BCUT2D eigenvalue weighted by atomic mass is 10.1. The topological polar surface area (TPSA) is 110 Å². The van der Waals surface area contributed by atoms with Crippen molar-refractivity contribution in [3.8, 4) is 0 Å². The van der Waals surface area contributed by atoms with Gasteiger partial charge < -0.3 is 10.4 Å². The number of carboxylic acids is 1. The predicted octanol–water partition coefficient (Wildman–Crippen LogP) is 2.88. The molecule has 0 fully saturated rings. The van der Waals surface area contributed by atoms with Gasteiger partial charge in [-0.05, 0) is 19.4 Å². The van der Waals surface area contributed by atoms with Crippen LogP contribution in [0.3, 0.4) is 0 Å². The largest absolute Gasteiger partial charge is 0.481 e. The fourth-order valence-corrected chi connectivity index (χ4v) is 1.95.